The quantitative estimate of drug-likeness (QED) is 0.674. The molecule has 0 aromatic heterocycles. The molecule has 2 unspecified atom stereocenters. The standard InChI is InChI=1S/C22H23F3N2O3/c1-15(2)29-14-18-26-21(3,17-12-8-5-9-13-17)19(16-10-6-4-7-11-16)27(18)30-20(28)22(23,24)25/h4-13,15,19H,14H2,1-3H3. The molecule has 0 radical (unpaired) electrons. The molecule has 0 saturated carbocycles. The summed E-state index contributed by atoms with van der Waals surface area (Å²) >= 11 is 0. The second-order valence-corrected chi connectivity index (χ2v) is 7.42. The molecular formula is C22H23F3N2O3. The molecule has 2 aromatic rings. The van der Waals surface area contributed by atoms with Crippen molar-refractivity contribution in [2.24, 2.45) is 4.99 Å². The van der Waals surface area contributed by atoms with Gasteiger partial charge in [-0.25, -0.2) is 4.79 Å². The molecule has 8 heteroatoms. The van der Waals surface area contributed by atoms with E-state index in [0.717, 1.165) is 10.6 Å². The van der Waals surface area contributed by atoms with Crippen molar-refractivity contribution in [3.8, 4) is 0 Å². The van der Waals surface area contributed by atoms with E-state index in [9.17, 15) is 18.0 Å². The van der Waals surface area contributed by atoms with E-state index < -0.39 is 23.7 Å². The summed E-state index contributed by atoms with van der Waals surface area (Å²) in [5.74, 6) is -2.19. The van der Waals surface area contributed by atoms with Gasteiger partial charge in [-0.3, -0.25) is 4.99 Å². The molecule has 0 N–H and O–H groups in total. The van der Waals surface area contributed by atoms with Crippen LogP contribution in [-0.2, 0) is 19.9 Å². The Morgan fingerprint density at radius 1 is 1.10 bits per heavy atom. The highest BCUT2D eigenvalue weighted by atomic mass is 19.4. The molecule has 0 spiro atoms. The molecule has 160 valence electrons. The van der Waals surface area contributed by atoms with E-state index in [-0.39, 0.29) is 18.5 Å². The molecule has 2 atom stereocenters. The predicted molar refractivity (Wildman–Crippen MR) is 105 cm³/mol. The zero-order chi connectivity index (χ0) is 21.9. The number of hydrogen-bond donors (Lipinski definition) is 0. The SMILES string of the molecule is CC(C)OCC1=NC(C)(c2ccccc2)C(c2ccccc2)N1OC(=O)C(F)(F)F. The Labute approximate surface area is 173 Å². The second kappa shape index (κ2) is 8.47. The zero-order valence-electron chi connectivity index (χ0n) is 16.9. The molecule has 0 aliphatic carbocycles. The first-order valence-corrected chi connectivity index (χ1v) is 9.52. The third-order valence-electron chi connectivity index (χ3n) is 4.81. The average Bonchev–Trinajstić information content (AvgIpc) is 2.99. The van der Waals surface area contributed by atoms with Crippen LogP contribution in [0.25, 0.3) is 0 Å². The minimum atomic E-state index is -5.14. The largest absolute Gasteiger partial charge is 0.493 e. The lowest BCUT2D eigenvalue weighted by Gasteiger charge is -2.34. The van der Waals surface area contributed by atoms with E-state index in [0.29, 0.717) is 5.56 Å². The van der Waals surface area contributed by atoms with Crippen molar-refractivity contribution in [1.29, 1.82) is 0 Å². The Morgan fingerprint density at radius 3 is 2.20 bits per heavy atom. The highest BCUT2D eigenvalue weighted by molar-refractivity contribution is 5.88. The number of benzene rings is 2. The topological polar surface area (TPSA) is 51.1 Å². The van der Waals surface area contributed by atoms with Gasteiger partial charge in [0.2, 0.25) is 0 Å². The molecule has 30 heavy (non-hydrogen) atoms. The van der Waals surface area contributed by atoms with Crippen LogP contribution in [0.5, 0.6) is 0 Å². The summed E-state index contributed by atoms with van der Waals surface area (Å²) in [6, 6.07) is 17.2. The van der Waals surface area contributed by atoms with Crippen molar-refractivity contribution in [3.63, 3.8) is 0 Å². The Bertz CT molecular complexity index is 901. The lowest BCUT2D eigenvalue weighted by molar-refractivity contribution is -0.232. The molecular weight excluding hydrogens is 397 g/mol. The summed E-state index contributed by atoms with van der Waals surface area (Å²) in [7, 11) is 0. The maximum Gasteiger partial charge on any atom is 0.493 e. The van der Waals surface area contributed by atoms with Gasteiger partial charge in [-0.05, 0) is 31.9 Å². The minimum absolute atomic E-state index is 0.103. The Balaban J connectivity index is 2.11. The minimum Gasteiger partial charge on any atom is -0.371 e. The number of nitrogens with zero attached hydrogens (tertiary/aromatic N) is 2. The second-order valence-electron chi connectivity index (χ2n) is 7.42. The molecule has 2 aromatic carbocycles. The van der Waals surface area contributed by atoms with Crippen LogP contribution >= 0.6 is 0 Å². The Kier molecular flexibility index (Phi) is 6.17. The molecule has 0 saturated heterocycles. The highest BCUT2D eigenvalue weighted by Gasteiger charge is 2.52. The van der Waals surface area contributed by atoms with Crippen molar-refractivity contribution in [3.05, 3.63) is 71.8 Å². The predicted octanol–water partition coefficient (Wildman–Crippen LogP) is 4.80. The van der Waals surface area contributed by atoms with E-state index >= 15 is 0 Å². The number of hydroxylamine groups is 2. The summed E-state index contributed by atoms with van der Waals surface area (Å²) in [6.45, 7) is 5.30. The van der Waals surface area contributed by atoms with Gasteiger partial charge in [-0.1, -0.05) is 60.7 Å². The van der Waals surface area contributed by atoms with Crippen LogP contribution in [-0.4, -0.2) is 35.8 Å². The lowest BCUT2D eigenvalue weighted by Crippen LogP contribution is -2.42. The number of carbonyl (C=O) groups is 1. The summed E-state index contributed by atoms with van der Waals surface area (Å²) in [5.41, 5.74) is 0.415. The zero-order valence-corrected chi connectivity index (χ0v) is 16.9. The van der Waals surface area contributed by atoms with Crippen LogP contribution in [0.4, 0.5) is 13.2 Å². The van der Waals surface area contributed by atoms with Crippen molar-refractivity contribution in [1.82, 2.24) is 5.06 Å². The number of halogens is 3. The van der Waals surface area contributed by atoms with E-state index in [1.807, 2.05) is 30.3 Å². The summed E-state index contributed by atoms with van der Waals surface area (Å²) in [5, 5.41) is 0.945. The van der Waals surface area contributed by atoms with Gasteiger partial charge in [0.15, 0.2) is 5.84 Å². The van der Waals surface area contributed by atoms with Gasteiger partial charge in [-0.15, -0.1) is 0 Å². The van der Waals surface area contributed by atoms with E-state index in [1.165, 1.54) is 0 Å². The monoisotopic (exact) mass is 420 g/mol. The van der Waals surface area contributed by atoms with Gasteiger partial charge < -0.3 is 9.57 Å². The molecule has 1 aliphatic rings. The fraction of sp³-hybridized carbons (Fsp3) is 0.364. The van der Waals surface area contributed by atoms with Gasteiger partial charge in [-0.2, -0.15) is 18.2 Å². The van der Waals surface area contributed by atoms with Crippen LogP contribution in [0.15, 0.2) is 65.7 Å². The number of aliphatic imine (C=N–C) groups is 1. The first-order valence-electron chi connectivity index (χ1n) is 9.52. The number of rotatable bonds is 6. The van der Waals surface area contributed by atoms with Crippen molar-refractivity contribution in [2.45, 2.75) is 44.6 Å². The highest BCUT2D eigenvalue weighted by Crippen LogP contribution is 2.47. The first-order chi connectivity index (χ1) is 14.1. The normalized spacial score (nSPS) is 21.6. The summed E-state index contributed by atoms with van der Waals surface area (Å²) in [6.07, 6.45) is -5.33. The number of hydrogen-bond acceptors (Lipinski definition) is 5. The van der Waals surface area contributed by atoms with Crippen LogP contribution in [0.2, 0.25) is 0 Å². The first kappa shape index (κ1) is 21.8. The number of ether oxygens (including phenoxy) is 1. The van der Waals surface area contributed by atoms with Crippen LogP contribution in [0.3, 0.4) is 0 Å². The van der Waals surface area contributed by atoms with E-state index in [2.05, 4.69) is 0 Å². The van der Waals surface area contributed by atoms with Crippen molar-refractivity contribution >= 4 is 11.8 Å². The third kappa shape index (κ3) is 4.48. The Hall–Kier alpha value is -2.87. The van der Waals surface area contributed by atoms with Gasteiger partial charge in [0, 0.05) is 0 Å². The van der Waals surface area contributed by atoms with Gasteiger partial charge in [0.1, 0.15) is 18.2 Å². The maximum atomic E-state index is 13.0. The van der Waals surface area contributed by atoms with Crippen molar-refractivity contribution < 1.29 is 27.5 Å². The lowest BCUT2D eigenvalue weighted by atomic mass is 9.82. The third-order valence-corrected chi connectivity index (χ3v) is 4.81. The molecule has 0 amide bonds. The average molecular weight is 420 g/mol. The summed E-state index contributed by atoms with van der Waals surface area (Å²) in [4.78, 5) is 21.3. The fourth-order valence-electron chi connectivity index (χ4n) is 3.43. The summed E-state index contributed by atoms with van der Waals surface area (Å²) < 4.78 is 44.6. The Morgan fingerprint density at radius 2 is 1.67 bits per heavy atom. The molecule has 0 fully saturated rings. The van der Waals surface area contributed by atoms with Crippen LogP contribution in [0, 0.1) is 0 Å². The molecule has 5 nitrogen and oxygen atoms in total. The van der Waals surface area contributed by atoms with Gasteiger partial charge >= 0.3 is 12.1 Å². The number of alkyl halides is 3. The molecule has 1 heterocycles. The van der Waals surface area contributed by atoms with Crippen molar-refractivity contribution in [2.75, 3.05) is 6.61 Å². The number of amidine groups is 1. The van der Waals surface area contributed by atoms with Gasteiger partial charge in [0.05, 0.1) is 6.10 Å². The van der Waals surface area contributed by atoms with Crippen LogP contribution < -0.4 is 0 Å². The molecule has 3 rings (SSSR count). The molecule has 1 aliphatic heterocycles. The fourth-order valence-corrected chi connectivity index (χ4v) is 3.43. The smallest absolute Gasteiger partial charge is 0.371 e. The van der Waals surface area contributed by atoms with Gasteiger partial charge in [0.25, 0.3) is 0 Å². The molecule has 0 bridgehead atoms. The number of carbonyl (C=O) groups excluding carboxylic acids is 1. The van der Waals surface area contributed by atoms with Crippen LogP contribution in [0.1, 0.15) is 37.9 Å². The van der Waals surface area contributed by atoms with E-state index in [1.54, 1.807) is 51.1 Å². The maximum absolute atomic E-state index is 13.0. The van der Waals surface area contributed by atoms with E-state index in [4.69, 9.17) is 14.6 Å².